The van der Waals surface area contributed by atoms with E-state index in [1.807, 2.05) is 38.1 Å². The van der Waals surface area contributed by atoms with Gasteiger partial charge < -0.3 is 24.1 Å². The number of rotatable bonds is 10. The summed E-state index contributed by atoms with van der Waals surface area (Å²) in [4.78, 5) is 16.4. The summed E-state index contributed by atoms with van der Waals surface area (Å²) < 4.78 is 21.2. The Balaban J connectivity index is 1.47. The van der Waals surface area contributed by atoms with E-state index in [4.69, 9.17) is 18.7 Å². The van der Waals surface area contributed by atoms with Crippen LogP contribution >= 0.6 is 0 Å². The summed E-state index contributed by atoms with van der Waals surface area (Å²) in [5.74, 6) is 1.82. The van der Waals surface area contributed by atoms with Crippen LogP contribution in [0, 0.1) is 13.8 Å². The van der Waals surface area contributed by atoms with Crippen LogP contribution in [0.25, 0.3) is 0 Å². The van der Waals surface area contributed by atoms with Crippen LogP contribution in [0.1, 0.15) is 22.6 Å². The topological polar surface area (TPSA) is 95.7 Å². The molecule has 0 aliphatic carbocycles. The van der Waals surface area contributed by atoms with Gasteiger partial charge in [-0.05, 0) is 37.6 Å². The highest BCUT2D eigenvalue weighted by atomic mass is 16.5. The highest BCUT2D eigenvalue weighted by molar-refractivity contribution is 5.92. The lowest BCUT2D eigenvalue weighted by atomic mass is 10.1. The van der Waals surface area contributed by atoms with E-state index in [0.717, 1.165) is 22.6 Å². The Bertz CT molecular complexity index is 932. The number of methoxy groups -OCH3 is 1. The zero-order valence-corrected chi connectivity index (χ0v) is 17.3. The molecule has 1 aromatic carbocycles. The number of amides is 1. The molecule has 0 radical (unpaired) electrons. The van der Waals surface area contributed by atoms with E-state index in [1.54, 1.807) is 25.4 Å². The Morgan fingerprint density at radius 3 is 2.50 bits per heavy atom. The standard InChI is InChI=1S/C22H25N3O5/c1-15-20(16(2)30-25-15)14-29-19-7-4-17(5-8-19)12-21(26)24-18-6-9-22(23-13-18)28-11-10-27-3/h4-9,13H,10-12,14H2,1-3H3,(H,24,26). The molecule has 1 amide bonds. The van der Waals surface area contributed by atoms with Gasteiger partial charge in [-0.3, -0.25) is 4.79 Å². The van der Waals surface area contributed by atoms with Crippen molar-refractivity contribution in [2.24, 2.45) is 0 Å². The number of anilines is 1. The SMILES string of the molecule is COCCOc1ccc(NC(=O)Cc2ccc(OCc3c(C)noc3C)cc2)cn1. The highest BCUT2D eigenvalue weighted by Gasteiger charge is 2.10. The van der Waals surface area contributed by atoms with E-state index in [2.05, 4.69) is 15.5 Å². The smallest absolute Gasteiger partial charge is 0.228 e. The molecule has 2 heterocycles. The third-order valence-corrected chi connectivity index (χ3v) is 4.41. The van der Waals surface area contributed by atoms with Crippen molar-refractivity contribution < 1.29 is 23.5 Å². The Morgan fingerprint density at radius 2 is 1.87 bits per heavy atom. The van der Waals surface area contributed by atoms with Gasteiger partial charge in [0.25, 0.3) is 0 Å². The minimum atomic E-state index is -0.130. The summed E-state index contributed by atoms with van der Waals surface area (Å²) >= 11 is 0. The first-order valence-electron chi connectivity index (χ1n) is 9.56. The summed E-state index contributed by atoms with van der Waals surface area (Å²) in [6.07, 6.45) is 1.81. The Labute approximate surface area is 175 Å². The molecular formula is C22H25N3O5. The molecule has 0 aliphatic heterocycles. The van der Waals surface area contributed by atoms with Gasteiger partial charge in [0.1, 0.15) is 24.7 Å². The van der Waals surface area contributed by atoms with Crippen LogP contribution in [0.15, 0.2) is 47.1 Å². The van der Waals surface area contributed by atoms with Gasteiger partial charge in [-0.2, -0.15) is 0 Å². The lowest BCUT2D eigenvalue weighted by Crippen LogP contribution is -2.14. The van der Waals surface area contributed by atoms with E-state index in [-0.39, 0.29) is 12.3 Å². The third-order valence-electron chi connectivity index (χ3n) is 4.41. The lowest BCUT2D eigenvalue weighted by molar-refractivity contribution is -0.115. The van der Waals surface area contributed by atoms with Crippen LogP contribution in [-0.4, -0.2) is 36.4 Å². The number of benzene rings is 1. The Hall–Kier alpha value is -3.39. The van der Waals surface area contributed by atoms with Crippen LogP contribution in [0.2, 0.25) is 0 Å². The fraction of sp³-hybridized carbons (Fsp3) is 0.318. The molecule has 0 bridgehead atoms. The zero-order valence-electron chi connectivity index (χ0n) is 17.3. The fourth-order valence-corrected chi connectivity index (χ4v) is 2.73. The second-order valence-corrected chi connectivity index (χ2v) is 6.69. The van der Waals surface area contributed by atoms with Crippen LogP contribution in [0.5, 0.6) is 11.6 Å². The normalized spacial score (nSPS) is 10.6. The molecule has 158 valence electrons. The number of nitrogens with zero attached hydrogens (tertiary/aromatic N) is 2. The lowest BCUT2D eigenvalue weighted by Gasteiger charge is -2.09. The second-order valence-electron chi connectivity index (χ2n) is 6.69. The molecule has 30 heavy (non-hydrogen) atoms. The number of nitrogens with one attached hydrogen (secondary N) is 1. The molecular weight excluding hydrogens is 386 g/mol. The third kappa shape index (κ3) is 6.05. The first-order valence-corrected chi connectivity index (χ1v) is 9.56. The number of hydrogen-bond donors (Lipinski definition) is 1. The number of carbonyl (C=O) groups excluding carboxylic acids is 1. The predicted octanol–water partition coefficient (Wildman–Crippen LogP) is 3.47. The van der Waals surface area contributed by atoms with E-state index < -0.39 is 0 Å². The summed E-state index contributed by atoms with van der Waals surface area (Å²) in [6, 6.07) is 10.9. The van der Waals surface area contributed by atoms with Crippen molar-refractivity contribution in [3.8, 4) is 11.6 Å². The molecule has 2 aromatic heterocycles. The maximum absolute atomic E-state index is 12.3. The minimum absolute atomic E-state index is 0.130. The van der Waals surface area contributed by atoms with Crippen LogP contribution < -0.4 is 14.8 Å². The molecule has 1 N–H and O–H groups in total. The number of carbonyl (C=O) groups is 1. The van der Waals surface area contributed by atoms with Crippen LogP contribution in [0.3, 0.4) is 0 Å². The number of aryl methyl sites for hydroxylation is 2. The largest absolute Gasteiger partial charge is 0.489 e. The van der Waals surface area contributed by atoms with Gasteiger partial charge in [0.05, 0.1) is 36.2 Å². The van der Waals surface area contributed by atoms with Gasteiger partial charge in [-0.1, -0.05) is 17.3 Å². The van der Waals surface area contributed by atoms with E-state index in [9.17, 15) is 4.79 Å². The number of aromatic nitrogens is 2. The number of pyridine rings is 1. The molecule has 0 saturated carbocycles. The summed E-state index contributed by atoms with van der Waals surface area (Å²) in [7, 11) is 1.61. The maximum atomic E-state index is 12.3. The number of hydrogen-bond acceptors (Lipinski definition) is 7. The first-order chi connectivity index (χ1) is 14.5. The maximum Gasteiger partial charge on any atom is 0.228 e. The zero-order chi connectivity index (χ0) is 21.3. The average Bonchev–Trinajstić information content (AvgIpc) is 3.06. The van der Waals surface area contributed by atoms with Gasteiger partial charge in [-0.15, -0.1) is 0 Å². The summed E-state index contributed by atoms with van der Waals surface area (Å²) in [5.41, 5.74) is 3.26. The molecule has 8 heteroatoms. The molecule has 0 aliphatic rings. The number of ether oxygens (including phenoxy) is 3. The van der Waals surface area contributed by atoms with Crippen molar-refractivity contribution in [2.75, 3.05) is 25.6 Å². The molecule has 8 nitrogen and oxygen atoms in total. The van der Waals surface area contributed by atoms with Crippen molar-refractivity contribution in [3.05, 3.63) is 65.2 Å². The van der Waals surface area contributed by atoms with Gasteiger partial charge in [0, 0.05) is 13.2 Å². The molecule has 3 aromatic rings. The highest BCUT2D eigenvalue weighted by Crippen LogP contribution is 2.18. The van der Waals surface area contributed by atoms with Gasteiger partial charge >= 0.3 is 0 Å². The average molecular weight is 411 g/mol. The summed E-state index contributed by atoms with van der Waals surface area (Å²) in [5, 5.41) is 6.74. The summed E-state index contributed by atoms with van der Waals surface area (Å²) in [6.45, 7) is 5.04. The molecule has 3 rings (SSSR count). The van der Waals surface area contributed by atoms with Crippen molar-refractivity contribution in [1.82, 2.24) is 10.1 Å². The van der Waals surface area contributed by atoms with Crippen molar-refractivity contribution in [1.29, 1.82) is 0 Å². The first kappa shape index (κ1) is 21.3. The van der Waals surface area contributed by atoms with Crippen LogP contribution in [0.4, 0.5) is 5.69 Å². The Morgan fingerprint density at radius 1 is 1.07 bits per heavy atom. The minimum Gasteiger partial charge on any atom is -0.489 e. The Kier molecular flexibility index (Phi) is 7.40. The molecule has 0 fully saturated rings. The van der Waals surface area contributed by atoms with E-state index >= 15 is 0 Å². The monoisotopic (exact) mass is 411 g/mol. The quantitative estimate of drug-likeness (QED) is 0.510. The van der Waals surface area contributed by atoms with E-state index in [1.165, 1.54) is 0 Å². The molecule has 0 saturated heterocycles. The van der Waals surface area contributed by atoms with E-state index in [0.29, 0.717) is 37.1 Å². The van der Waals surface area contributed by atoms with Gasteiger partial charge in [0.2, 0.25) is 11.8 Å². The van der Waals surface area contributed by atoms with Gasteiger partial charge in [-0.25, -0.2) is 4.98 Å². The van der Waals surface area contributed by atoms with Crippen molar-refractivity contribution in [2.45, 2.75) is 26.9 Å². The molecule has 0 atom stereocenters. The second kappa shape index (κ2) is 10.4. The molecule has 0 unspecified atom stereocenters. The van der Waals surface area contributed by atoms with Gasteiger partial charge in [0.15, 0.2) is 0 Å². The van der Waals surface area contributed by atoms with Crippen LogP contribution in [-0.2, 0) is 22.6 Å². The van der Waals surface area contributed by atoms with Crippen molar-refractivity contribution in [3.63, 3.8) is 0 Å². The fourth-order valence-electron chi connectivity index (χ4n) is 2.73. The molecule has 0 spiro atoms. The van der Waals surface area contributed by atoms with Crippen molar-refractivity contribution >= 4 is 11.6 Å². The predicted molar refractivity (Wildman–Crippen MR) is 111 cm³/mol.